The molecule has 0 radical (unpaired) electrons. The van der Waals surface area contributed by atoms with Crippen LogP contribution in [0.1, 0.15) is 25.0 Å². The summed E-state index contributed by atoms with van der Waals surface area (Å²) in [7, 11) is -7.22. The molecule has 0 bridgehead atoms. The van der Waals surface area contributed by atoms with E-state index in [4.69, 9.17) is 5.14 Å². The first kappa shape index (κ1) is 24.1. The maximum absolute atomic E-state index is 13.1. The summed E-state index contributed by atoms with van der Waals surface area (Å²) < 4.78 is 50.6. The van der Waals surface area contributed by atoms with Crippen LogP contribution in [-0.2, 0) is 32.3 Å². The zero-order valence-corrected chi connectivity index (χ0v) is 19.8. The second-order valence-electron chi connectivity index (χ2n) is 8.19. The topological polar surface area (TPSA) is 97.5 Å². The summed E-state index contributed by atoms with van der Waals surface area (Å²) in [6.45, 7) is 4.72. The Morgan fingerprint density at radius 2 is 1.28 bits per heavy atom. The van der Waals surface area contributed by atoms with Crippen LogP contribution in [-0.4, -0.2) is 27.7 Å². The molecular formula is C24H28N2O4S2. The Morgan fingerprint density at radius 3 is 1.78 bits per heavy atom. The molecule has 0 saturated heterocycles. The van der Waals surface area contributed by atoms with Crippen molar-refractivity contribution in [3.63, 3.8) is 0 Å². The molecule has 0 heterocycles. The van der Waals surface area contributed by atoms with E-state index < -0.39 is 20.0 Å². The van der Waals surface area contributed by atoms with Crippen molar-refractivity contribution in [3.8, 4) is 11.1 Å². The Balaban J connectivity index is 1.78. The van der Waals surface area contributed by atoms with Crippen LogP contribution >= 0.6 is 0 Å². The Bertz CT molecular complexity index is 1240. The lowest BCUT2D eigenvalue weighted by Gasteiger charge is -2.24. The first-order valence-corrected chi connectivity index (χ1v) is 13.4. The number of rotatable bonds is 9. The van der Waals surface area contributed by atoms with Crippen molar-refractivity contribution in [1.82, 2.24) is 4.31 Å². The molecule has 32 heavy (non-hydrogen) atoms. The first-order chi connectivity index (χ1) is 15.0. The predicted molar refractivity (Wildman–Crippen MR) is 128 cm³/mol. The highest BCUT2D eigenvalue weighted by atomic mass is 32.2. The minimum absolute atomic E-state index is 0.0327. The van der Waals surface area contributed by atoms with Crippen molar-refractivity contribution < 1.29 is 16.8 Å². The summed E-state index contributed by atoms with van der Waals surface area (Å²) in [5.41, 5.74) is 3.39. The maximum Gasteiger partial charge on any atom is 0.238 e. The standard InChI is InChI=1S/C24H28N2O4S2/c1-19(2)16-26(31(27,28)18-21-6-4-3-5-7-21)17-20-8-10-22(11-9-20)23-12-14-24(15-13-23)32(25,29)30/h3-15,19H,16-18H2,1-2H3,(H2,25,29,30). The van der Waals surface area contributed by atoms with E-state index in [1.807, 2.05) is 68.4 Å². The van der Waals surface area contributed by atoms with Crippen molar-refractivity contribution in [2.75, 3.05) is 6.54 Å². The lowest BCUT2D eigenvalue weighted by Crippen LogP contribution is -2.34. The van der Waals surface area contributed by atoms with E-state index in [1.165, 1.54) is 12.1 Å². The van der Waals surface area contributed by atoms with E-state index in [2.05, 4.69) is 0 Å². The van der Waals surface area contributed by atoms with E-state index in [-0.39, 0.29) is 23.1 Å². The molecule has 2 N–H and O–H groups in total. The van der Waals surface area contributed by atoms with E-state index >= 15 is 0 Å². The smallest absolute Gasteiger partial charge is 0.225 e. The van der Waals surface area contributed by atoms with Crippen molar-refractivity contribution in [1.29, 1.82) is 0 Å². The van der Waals surface area contributed by atoms with Crippen LogP contribution in [0.2, 0.25) is 0 Å². The molecule has 0 fully saturated rings. The molecule has 0 aromatic heterocycles. The Labute approximate surface area is 190 Å². The van der Waals surface area contributed by atoms with Gasteiger partial charge in [-0.1, -0.05) is 80.6 Å². The fourth-order valence-electron chi connectivity index (χ4n) is 3.40. The number of hydrogen-bond acceptors (Lipinski definition) is 4. The maximum atomic E-state index is 13.1. The van der Waals surface area contributed by atoms with Gasteiger partial charge < -0.3 is 0 Å². The fraction of sp³-hybridized carbons (Fsp3) is 0.250. The Kier molecular flexibility index (Phi) is 7.51. The fourth-order valence-corrected chi connectivity index (χ4v) is 5.59. The summed E-state index contributed by atoms with van der Waals surface area (Å²) in [5, 5.41) is 5.15. The second kappa shape index (κ2) is 9.95. The highest BCUT2D eigenvalue weighted by molar-refractivity contribution is 7.89. The lowest BCUT2D eigenvalue weighted by atomic mass is 10.0. The van der Waals surface area contributed by atoms with Gasteiger partial charge in [-0.05, 0) is 40.3 Å². The summed E-state index contributed by atoms with van der Waals surface area (Å²) in [6.07, 6.45) is 0. The third-order valence-corrected chi connectivity index (χ3v) is 7.68. The molecule has 0 aliphatic heterocycles. The van der Waals surface area contributed by atoms with Gasteiger partial charge in [-0.25, -0.2) is 22.0 Å². The highest BCUT2D eigenvalue weighted by Gasteiger charge is 2.23. The van der Waals surface area contributed by atoms with Crippen LogP contribution in [0.15, 0.2) is 83.8 Å². The van der Waals surface area contributed by atoms with Gasteiger partial charge in [0.2, 0.25) is 20.0 Å². The number of nitrogens with zero attached hydrogens (tertiary/aromatic N) is 1. The molecule has 6 nitrogen and oxygen atoms in total. The van der Waals surface area contributed by atoms with Crippen molar-refractivity contribution >= 4 is 20.0 Å². The van der Waals surface area contributed by atoms with Gasteiger partial charge in [-0.3, -0.25) is 0 Å². The quantitative estimate of drug-likeness (QED) is 0.509. The lowest BCUT2D eigenvalue weighted by molar-refractivity contribution is 0.361. The molecule has 8 heteroatoms. The largest absolute Gasteiger partial charge is 0.238 e. The van der Waals surface area contributed by atoms with Crippen LogP contribution in [0.3, 0.4) is 0 Å². The van der Waals surface area contributed by atoms with Crippen LogP contribution in [0.25, 0.3) is 11.1 Å². The molecule has 3 aromatic carbocycles. The van der Waals surface area contributed by atoms with Crippen LogP contribution in [0.5, 0.6) is 0 Å². The highest BCUT2D eigenvalue weighted by Crippen LogP contribution is 2.23. The van der Waals surface area contributed by atoms with Crippen LogP contribution in [0.4, 0.5) is 0 Å². The van der Waals surface area contributed by atoms with Gasteiger partial charge in [-0.15, -0.1) is 0 Å². The van der Waals surface area contributed by atoms with Crippen LogP contribution < -0.4 is 5.14 Å². The van der Waals surface area contributed by atoms with E-state index in [0.29, 0.717) is 6.54 Å². The van der Waals surface area contributed by atoms with Gasteiger partial charge in [0.1, 0.15) is 0 Å². The molecular weight excluding hydrogens is 444 g/mol. The average molecular weight is 473 g/mol. The van der Waals surface area contributed by atoms with Crippen LogP contribution in [0, 0.1) is 5.92 Å². The third-order valence-electron chi connectivity index (χ3n) is 4.98. The van der Waals surface area contributed by atoms with Gasteiger partial charge in [0.25, 0.3) is 0 Å². The van der Waals surface area contributed by atoms with Gasteiger partial charge in [0.15, 0.2) is 0 Å². The summed E-state index contributed by atoms with van der Waals surface area (Å²) in [5.74, 6) is 0.159. The average Bonchev–Trinajstić information content (AvgIpc) is 2.73. The summed E-state index contributed by atoms with van der Waals surface area (Å²) in [4.78, 5) is 0.0609. The minimum atomic E-state index is -3.73. The molecule has 0 saturated carbocycles. The molecule has 0 unspecified atom stereocenters. The van der Waals surface area contributed by atoms with Gasteiger partial charge in [0.05, 0.1) is 10.6 Å². The first-order valence-electron chi connectivity index (χ1n) is 10.3. The zero-order valence-electron chi connectivity index (χ0n) is 18.2. The van der Waals surface area contributed by atoms with Gasteiger partial charge in [-0.2, -0.15) is 4.31 Å². The normalized spacial score (nSPS) is 12.4. The Morgan fingerprint density at radius 1 is 0.750 bits per heavy atom. The SMILES string of the molecule is CC(C)CN(Cc1ccc(-c2ccc(S(N)(=O)=O)cc2)cc1)S(=O)(=O)Cc1ccccc1. The molecule has 3 rings (SSSR count). The Hall–Kier alpha value is -2.52. The number of hydrogen-bond donors (Lipinski definition) is 1. The molecule has 3 aromatic rings. The van der Waals surface area contributed by atoms with Crippen molar-refractivity contribution in [2.45, 2.75) is 31.0 Å². The molecule has 0 aliphatic carbocycles. The summed E-state index contributed by atoms with van der Waals surface area (Å²) >= 11 is 0. The monoisotopic (exact) mass is 472 g/mol. The van der Waals surface area contributed by atoms with Gasteiger partial charge in [0, 0.05) is 13.1 Å². The number of sulfonamides is 2. The minimum Gasteiger partial charge on any atom is -0.225 e. The van der Waals surface area contributed by atoms with Crippen molar-refractivity contribution in [2.24, 2.45) is 11.1 Å². The zero-order chi connectivity index (χ0) is 23.4. The molecule has 0 atom stereocenters. The van der Waals surface area contributed by atoms with E-state index in [0.717, 1.165) is 22.3 Å². The second-order valence-corrected chi connectivity index (χ2v) is 11.7. The third kappa shape index (κ3) is 6.49. The summed E-state index contributed by atoms with van der Waals surface area (Å²) in [6, 6.07) is 23.1. The number of primary sulfonamides is 1. The number of benzene rings is 3. The molecule has 0 spiro atoms. The van der Waals surface area contributed by atoms with Gasteiger partial charge >= 0.3 is 0 Å². The number of nitrogens with two attached hydrogens (primary N) is 1. The molecule has 0 amide bonds. The molecule has 0 aliphatic rings. The van der Waals surface area contributed by atoms with Crippen molar-refractivity contribution in [3.05, 3.63) is 90.0 Å². The van der Waals surface area contributed by atoms with E-state index in [1.54, 1.807) is 16.4 Å². The van der Waals surface area contributed by atoms with E-state index in [9.17, 15) is 16.8 Å². The predicted octanol–water partition coefficient (Wildman–Crippen LogP) is 3.99. The molecule has 170 valence electrons.